The summed E-state index contributed by atoms with van der Waals surface area (Å²) in [6.45, 7) is -0.00463. The quantitative estimate of drug-likeness (QED) is 0.501. The van der Waals surface area contributed by atoms with Gasteiger partial charge in [0.2, 0.25) is 0 Å². The van der Waals surface area contributed by atoms with E-state index in [4.69, 9.17) is 22.3 Å². The summed E-state index contributed by atoms with van der Waals surface area (Å²) in [5, 5.41) is 18.2. The summed E-state index contributed by atoms with van der Waals surface area (Å²) in [7, 11) is 0. The highest BCUT2D eigenvalue weighted by molar-refractivity contribution is 5.87. The standard InChI is InChI=1S/C10H7NO2.C6H13N.C3H8N2O2/c12-6-8-5-4-7-2-1-3-9(13)10(7)11-8;7-6-4-2-1-3-5-6;4-1-2(5)3(6)7/h1-6,13H;6H,1-5,7H2;2H,1,4-5H2,(H,6,7). The number of aldehydes is 1. The maximum Gasteiger partial charge on any atom is 0.321 e. The predicted molar refractivity (Wildman–Crippen MR) is 105 cm³/mol. The minimum Gasteiger partial charge on any atom is -0.506 e. The van der Waals surface area contributed by atoms with Gasteiger partial charge in [-0.05, 0) is 25.0 Å². The number of aliphatic carboxylic acids is 1. The number of carboxylic acid groups (broad SMARTS) is 1. The van der Waals surface area contributed by atoms with Gasteiger partial charge < -0.3 is 27.4 Å². The van der Waals surface area contributed by atoms with Gasteiger partial charge in [-0.3, -0.25) is 9.59 Å². The topological polar surface area (TPSA) is 166 Å². The number of nitrogens with zero attached hydrogens (tertiary/aromatic N) is 1. The van der Waals surface area contributed by atoms with Gasteiger partial charge >= 0.3 is 5.97 Å². The van der Waals surface area contributed by atoms with E-state index in [0.717, 1.165) is 5.39 Å². The summed E-state index contributed by atoms with van der Waals surface area (Å²) in [6.07, 6.45) is 7.32. The lowest BCUT2D eigenvalue weighted by Gasteiger charge is -2.15. The molecule has 0 bridgehead atoms. The minimum absolute atomic E-state index is 0.00463. The van der Waals surface area contributed by atoms with Crippen LogP contribution in [-0.2, 0) is 4.79 Å². The molecule has 8 N–H and O–H groups in total. The van der Waals surface area contributed by atoms with Crippen molar-refractivity contribution in [3.63, 3.8) is 0 Å². The second-order valence-corrected chi connectivity index (χ2v) is 6.28. The Labute approximate surface area is 158 Å². The zero-order valence-corrected chi connectivity index (χ0v) is 15.3. The van der Waals surface area contributed by atoms with Gasteiger partial charge in [-0.2, -0.15) is 0 Å². The largest absolute Gasteiger partial charge is 0.506 e. The number of nitrogens with two attached hydrogens (primary N) is 3. The first-order valence-electron chi connectivity index (χ1n) is 8.87. The van der Waals surface area contributed by atoms with Crippen LogP contribution in [0.3, 0.4) is 0 Å². The number of carbonyl (C=O) groups excluding carboxylic acids is 1. The number of carboxylic acids is 1. The molecule has 0 saturated heterocycles. The summed E-state index contributed by atoms with van der Waals surface area (Å²) in [5.41, 5.74) is 16.2. The summed E-state index contributed by atoms with van der Waals surface area (Å²) < 4.78 is 0. The van der Waals surface area contributed by atoms with Crippen molar-refractivity contribution in [1.82, 2.24) is 4.98 Å². The Bertz CT molecular complexity index is 733. The third-order valence-corrected chi connectivity index (χ3v) is 4.06. The minimum atomic E-state index is -1.05. The highest BCUT2D eigenvalue weighted by atomic mass is 16.4. The highest BCUT2D eigenvalue weighted by Gasteiger charge is 2.06. The van der Waals surface area contributed by atoms with Crippen molar-refractivity contribution < 1.29 is 19.8 Å². The number of para-hydroxylation sites is 1. The lowest BCUT2D eigenvalue weighted by molar-refractivity contribution is -0.138. The van der Waals surface area contributed by atoms with Gasteiger partial charge in [-0.15, -0.1) is 0 Å². The Morgan fingerprint density at radius 2 is 1.89 bits per heavy atom. The van der Waals surface area contributed by atoms with Crippen molar-refractivity contribution in [3.05, 3.63) is 36.0 Å². The number of hydrogen-bond donors (Lipinski definition) is 5. The molecular weight excluding hydrogens is 348 g/mol. The number of phenols is 1. The smallest absolute Gasteiger partial charge is 0.321 e. The van der Waals surface area contributed by atoms with Crippen molar-refractivity contribution in [3.8, 4) is 5.75 Å². The molecule has 8 nitrogen and oxygen atoms in total. The normalized spacial score (nSPS) is 14.9. The molecule has 1 aliphatic rings. The van der Waals surface area contributed by atoms with Gasteiger partial charge in [0.1, 0.15) is 23.0 Å². The molecule has 148 valence electrons. The van der Waals surface area contributed by atoms with Crippen LogP contribution in [0.2, 0.25) is 0 Å². The number of aromatic hydroxyl groups is 1. The summed E-state index contributed by atoms with van der Waals surface area (Å²) in [4.78, 5) is 24.1. The van der Waals surface area contributed by atoms with Crippen molar-refractivity contribution in [2.45, 2.75) is 44.2 Å². The van der Waals surface area contributed by atoms with Crippen molar-refractivity contribution in [2.24, 2.45) is 17.2 Å². The molecule has 8 heteroatoms. The first kappa shape index (κ1) is 22.5. The van der Waals surface area contributed by atoms with Gasteiger partial charge in [-0.25, -0.2) is 4.98 Å². The Kier molecular flexibility index (Phi) is 9.95. The van der Waals surface area contributed by atoms with Crippen LogP contribution < -0.4 is 17.2 Å². The molecule has 0 amide bonds. The van der Waals surface area contributed by atoms with Crippen molar-refractivity contribution >= 4 is 23.2 Å². The average molecular weight is 376 g/mol. The van der Waals surface area contributed by atoms with Crippen LogP contribution in [0.4, 0.5) is 0 Å². The zero-order valence-electron chi connectivity index (χ0n) is 15.3. The highest BCUT2D eigenvalue weighted by Crippen LogP contribution is 2.21. The lowest BCUT2D eigenvalue weighted by Crippen LogP contribution is -2.37. The van der Waals surface area contributed by atoms with Crippen molar-refractivity contribution in [2.75, 3.05) is 6.54 Å². The lowest BCUT2D eigenvalue weighted by atomic mass is 9.97. The van der Waals surface area contributed by atoms with Crippen LogP contribution in [-0.4, -0.2) is 46.1 Å². The van der Waals surface area contributed by atoms with E-state index in [-0.39, 0.29) is 12.3 Å². The molecule has 0 spiro atoms. The number of pyridine rings is 1. The monoisotopic (exact) mass is 376 g/mol. The number of phenolic OH excluding ortho intramolecular Hbond substituents is 1. The first-order valence-corrected chi connectivity index (χ1v) is 8.87. The number of carbonyl (C=O) groups is 2. The van der Waals surface area contributed by atoms with E-state index in [2.05, 4.69) is 4.98 Å². The van der Waals surface area contributed by atoms with E-state index in [0.29, 0.717) is 23.5 Å². The Morgan fingerprint density at radius 3 is 2.33 bits per heavy atom. The van der Waals surface area contributed by atoms with Crippen LogP contribution in [0.15, 0.2) is 30.3 Å². The SMILES string of the molecule is NC1CCCCC1.NCC(N)C(=O)O.O=Cc1ccc2cccc(O)c2n1. The molecule has 1 fully saturated rings. The molecule has 1 aliphatic carbocycles. The van der Waals surface area contributed by atoms with Crippen LogP contribution in [0.5, 0.6) is 5.75 Å². The first-order chi connectivity index (χ1) is 12.9. The molecular formula is C19H28N4O4. The Morgan fingerprint density at radius 1 is 1.22 bits per heavy atom. The van der Waals surface area contributed by atoms with Gasteiger partial charge in [0.15, 0.2) is 6.29 Å². The van der Waals surface area contributed by atoms with E-state index in [1.807, 2.05) is 6.07 Å². The van der Waals surface area contributed by atoms with Gasteiger partial charge in [0, 0.05) is 18.0 Å². The predicted octanol–water partition coefficient (Wildman–Crippen LogP) is 1.39. The fraction of sp³-hybridized carbons (Fsp3) is 0.421. The number of hydrogen-bond acceptors (Lipinski definition) is 7. The second kappa shape index (κ2) is 11.9. The number of benzene rings is 1. The van der Waals surface area contributed by atoms with E-state index in [1.165, 1.54) is 32.1 Å². The van der Waals surface area contributed by atoms with E-state index in [9.17, 15) is 14.7 Å². The van der Waals surface area contributed by atoms with Crippen LogP contribution >= 0.6 is 0 Å². The number of fused-ring (bicyclic) bond motifs is 1. The Hall–Kier alpha value is -2.55. The molecule has 2 aromatic rings. The van der Waals surface area contributed by atoms with E-state index < -0.39 is 12.0 Å². The summed E-state index contributed by atoms with van der Waals surface area (Å²) >= 11 is 0. The number of rotatable bonds is 3. The molecule has 0 radical (unpaired) electrons. The Balaban J connectivity index is 0.000000223. The molecule has 1 saturated carbocycles. The molecule has 1 aromatic carbocycles. The average Bonchev–Trinajstić information content (AvgIpc) is 2.69. The molecule has 27 heavy (non-hydrogen) atoms. The second-order valence-electron chi connectivity index (χ2n) is 6.28. The van der Waals surface area contributed by atoms with Crippen LogP contribution in [0.1, 0.15) is 42.6 Å². The summed E-state index contributed by atoms with van der Waals surface area (Å²) in [5.74, 6) is -0.955. The van der Waals surface area contributed by atoms with Crippen LogP contribution in [0.25, 0.3) is 10.9 Å². The van der Waals surface area contributed by atoms with Crippen LogP contribution in [0, 0.1) is 0 Å². The van der Waals surface area contributed by atoms with Gasteiger partial charge in [0.05, 0.1) is 0 Å². The number of aromatic nitrogens is 1. The van der Waals surface area contributed by atoms with E-state index in [1.54, 1.807) is 24.3 Å². The maximum absolute atomic E-state index is 10.4. The third-order valence-electron chi connectivity index (χ3n) is 4.06. The molecule has 0 aliphatic heterocycles. The van der Waals surface area contributed by atoms with Gasteiger partial charge in [0.25, 0.3) is 0 Å². The van der Waals surface area contributed by atoms with Gasteiger partial charge in [-0.1, -0.05) is 37.5 Å². The van der Waals surface area contributed by atoms with Crippen molar-refractivity contribution in [1.29, 1.82) is 0 Å². The molecule has 1 aromatic heterocycles. The molecule has 1 heterocycles. The molecule has 1 atom stereocenters. The fourth-order valence-corrected chi connectivity index (χ4v) is 2.45. The molecule has 3 rings (SSSR count). The zero-order chi connectivity index (χ0) is 20.2. The summed E-state index contributed by atoms with van der Waals surface area (Å²) in [6, 6.07) is 8.12. The molecule has 1 unspecified atom stereocenters. The van der Waals surface area contributed by atoms with E-state index >= 15 is 0 Å². The third kappa shape index (κ3) is 8.12. The fourth-order valence-electron chi connectivity index (χ4n) is 2.45. The maximum atomic E-state index is 10.4.